The molecule has 2 aromatic rings. The third-order valence-electron chi connectivity index (χ3n) is 3.22. The van der Waals surface area contributed by atoms with Crippen molar-refractivity contribution >= 4 is 0 Å². The summed E-state index contributed by atoms with van der Waals surface area (Å²) in [6.07, 6.45) is 3.78. The van der Waals surface area contributed by atoms with Gasteiger partial charge in [-0.3, -0.25) is 4.68 Å². The molecule has 0 aliphatic heterocycles. The Hall–Kier alpha value is -1.61. The van der Waals surface area contributed by atoms with Gasteiger partial charge in [-0.15, -0.1) is 0 Å². The highest BCUT2D eigenvalue weighted by molar-refractivity contribution is 5.33. The fourth-order valence-corrected chi connectivity index (χ4v) is 1.98. The van der Waals surface area contributed by atoms with Crippen molar-refractivity contribution in [3.63, 3.8) is 0 Å². The monoisotopic (exact) mass is 243 g/mol. The fraction of sp³-hybridized carbons (Fsp3) is 0.400. The summed E-state index contributed by atoms with van der Waals surface area (Å²) in [5, 5.41) is 4.16. The first-order valence-corrected chi connectivity index (χ1v) is 6.22. The Morgan fingerprint density at radius 3 is 2.17 bits per heavy atom. The van der Waals surface area contributed by atoms with Gasteiger partial charge in [0.25, 0.3) is 0 Å². The molecular formula is C15H21N3. The van der Waals surface area contributed by atoms with Crippen molar-refractivity contribution in [1.82, 2.24) is 9.78 Å². The Balaban J connectivity index is 2.24. The second kappa shape index (κ2) is 4.58. The number of hydrogen-bond donors (Lipinski definition) is 1. The van der Waals surface area contributed by atoms with Gasteiger partial charge >= 0.3 is 0 Å². The minimum absolute atomic E-state index is 0.104. The van der Waals surface area contributed by atoms with E-state index in [1.807, 2.05) is 19.4 Å². The van der Waals surface area contributed by atoms with E-state index >= 15 is 0 Å². The summed E-state index contributed by atoms with van der Waals surface area (Å²) in [7, 11) is 1.90. The van der Waals surface area contributed by atoms with Crippen molar-refractivity contribution in [2.24, 2.45) is 12.8 Å². The van der Waals surface area contributed by atoms with Gasteiger partial charge in [0.2, 0.25) is 0 Å². The molecule has 0 saturated carbocycles. The summed E-state index contributed by atoms with van der Waals surface area (Å²) >= 11 is 0. The fourth-order valence-electron chi connectivity index (χ4n) is 1.98. The van der Waals surface area contributed by atoms with E-state index in [9.17, 15) is 0 Å². The molecule has 1 aromatic heterocycles. The molecule has 3 nitrogen and oxygen atoms in total. The minimum Gasteiger partial charge on any atom is -0.320 e. The standard InChI is InChI=1S/C15H21N3/c1-15(2,3)13-7-5-11(6-8-13)14(16)12-9-17-18(4)10-12/h5-10,14H,16H2,1-4H3. The molecule has 0 fully saturated rings. The molecule has 2 N–H and O–H groups in total. The van der Waals surface area contributed by atoms with Crippen LogP contribution in [-0.4, -0.2) is 9.78 Å². The number of nitrogens with zero attached hydrogens (tertiary/aromatic N) is 2. The van der Waals surface area contributed by atoms with Crippen LogP contribution in [0.1, 0.15) is 43.5 Å². The molecule has 1 atom stereocenters. The normalized spacial score (nSPS) is 13.6. The molecule has 3 heteroatoms. The summed E-state index contributed by atoms with van der Waals surface area (Å²) < 4.78 is 1.78. The van der Waals surface area contributed by atoms with Gasteiger partial charge in [0.1, 0.15) is 0 Å². The largest absolute Gasteiger partial charge is 0.320 e. The molecule has 0 saturated heterocycles. The average Bonchev–Trinajstić information content (AvgIpc) is 2.74. The van der Waals surface area contributed by atoms with E-state index in [-0.39, 0.29) is 11.5 Å². The van der Waals surface area contributed by atoms with Gasteiger partial charge in [0.15, 0.2) is 0 Å². The Kier molecular flexibility index (Phi) is 3.26. The molecule has 0 aliphatic rings. The second-order valence-electron chi connectivity index (χ2n) is 5.80. The van der Waals surface area contributed by atoms with Crippen molar-refractivity contribution in [1.29, 1.82) is 0 Å². The highest BCUT2D eigenvalue weighted by Gasteiger charge is 2.15. The van der Waals surface area contributed by atoms with E-state index in [0.29, 0.717) is 0 Å². The minimum atomic E-state index is -0.104. The van der Waals surface area contributed by atoms with Crippen LogP contribution >= 0.6 is 0 Å². The van der Waals surface area contributed by atoms with Crippen LogP contribution in [0.3, 0.4) is 0 Å². The van der Waals surface area contributed by atoms with Crippen molar-refractivity contribution in [3.8, 4) is 0 Å². The molecule has 0 aliphatic carbocycles. The number of aryl methyl sites for hydroxylation is 1. The molecule has 0 bridgehead atoms. The van der Waals surface area contributed by atoms with Crippen molar-refractivity contribution in [3.05, 3.63) is 53.3 Å². The van der Waals surface area contributed by atoms with Gasteiger partial charge < -0.3 is 5.73 Å². The third-order valence-corrected chi connectivity index (χ3v) is 3.22. The van der Waals surface area contributed by atoms with Crippen LogP contribution in [0.25, 0.3) is 0 Å². The summed E-state index contributed by atoms with van der Waals surface area (Å²) in [6.45, 7) is 6.63. The van der Waals surface area contributed by atoms with Crippen LogP contribution in [0, 0.1) is 0 Å². The van der Waals surface area contributed by atoms with Crippen molar-refractivity contribution in [2.45, 2.75) is 32.2 Å². The lowest BCUT2D eigenvalue weighted by atomic mass is 9.86. The smallest absolute Gasteiger partial charge is 0.0582 e. The van der Waals surface area contributed by atoms with Crippen LogP contribution in [0.2, 0.25) is 0 Å². The first-order valence-electron chi connectivity index (χ1n) is 6.22. The molecule has 0 spiro atoms. The summed E-state index contributed by atoms with van der Waals surface area (Å²) in [5.41, 5.74) is 9.90. The maximum Gasteiger partial charge on any atom is 0.0582 e. The van der Waals surface area contributed by atoms with E-state index in [1.54, 1.807) is 4.68 Å². The van der Waals surface area contributed by atoms with E-state index in [4.69, 9.17) is 5.73 Å². The number of benzene rings is 1. The molecule has 1 unspecified atom stereocenters. The molecule has 1 heterocycles. The number of nitrogens with two attached hydrogens (primary N) is 1. The Morgan fingerprint density at radius 2 is 1.72 bits per heavy atom. The van der Waals surface area contributed by atoms with E-state index < -0.39 is 0 Å². The zero-order valence-corrected chi connectivity index (χ0v) is 11.5. The second-order valence-corrected chi connectivity index (χ2v) is 5.80. The zero-order chi connectivity index (χ0) is 13.3. The Morgan fingerprint density at radius 1 is 1.11 bits per heavy atom. The average molecular weight is 243 g/mol. The highest BCUT2D eigenvalue weighted by atomic mass is 15.2. The van der Waals surface area contributed by atoms with E-state index in [1.165, 1.54) is 5.56 Å². The van der Waals surface area contributed by atoms with Crippen LogP contribution < -0.4 is 5.73 Å². The first-order chi connectivity index (χ1) is 8.38. The van der Waals surface area contributed by atoms with Gasteiger partial charge in [-0.25, -0.2) is 0 Å². The van der Waals surface area contributed by atoms with E-state index in [2.05, 4.69) is 50.1 Å². The number of rotatable bonds is 2. The lowest BCUT2D eigenvalue weighted by Crippen LogP contribution is -2.13. The topological polar surface area (TPSA) is 43.8 Å². The first kappa shape index (κ1) is 12.8. The maximum absolute atomic E-state index is 6.24. The van der Waals surface area contributed by atoms with Crippen LogP contribution in [0.5, 0.6) is 0 Å². The Bertz CT molecular complexity index is 517. The SMILES string of the molecule is Cn1cc(C(N)c2ccc(C(C)(C)C)cc2)cn1. The molecule has 1 aromatic carbocycles. The van der Waals surface area contributed by atoms with Crippen LogP contribution in [-0.2, 0) is 12.5 Å². The molecule has 0 radical (unpaired) electrons. The summed E-state index contributed by atoms with van der Waals surface area (Å²) in [5.74, 6) is 0. The quantitative estimate of drug-likeness (QED) is 0.881. The van der Waals surface area contributed by atoms with E-state index in [0.717, 1.165) is 11.1 Å². The van der Waals surface area contributed by atoms with Crippen molar-refractivity contribution < 1.29 is 0 Å². The molecule has 2 rings (SSSR count). The molecule has 96 valence electrons. The highest BCUT2D eigenvalue weighted by Crippen LogP contribution is 2.25. The van der Waals surface area contributed by atoms with Crippen LogP contribution in [0.4, 0.5) is 0 Å². The van der Waals surface area contributed by atoms with Gasteiger partial charge in [-0.05, 0) is 16.5 Å². The Labute approximate surface area is 109 Å². The van der Waals surface area contributed by atoms with Crippen molar-refractivity contribution in [2.75, 3.05) is 0 Å². The molecule has 18 heavy (non-hydrogen) atoms. The van der Waals surface area contributed by atoms with Gasteiger partial charge in [-0.1, -0.05) is 45.0 Å². The predicted octanol–water partition coefficient (Wildman–Crippen LogP) is 2.77. The third kappa shape index (κ3) is 2.62. The maximum atomic E-state index is 6.24. The van der Waals surface area contributed by atoms with Gasteiger partial charge in [0, 0.05) is 18.8 Å². The number of hydrogen-bond acceptors (Lipinski definition) is 2. The summed E-state index contributed by atoms with van der Waals surface area (Å²) in [4.78, 5) is 0. The molecular weight excluding hydrogens is 222 g/mol. The lowest BCUT2D eigenvalue weighted by molar-refractivity contribution is 0.589. The number of aromatic nitrogens is 2. The summed E-state index contributed by atoms with van der Waals surface area (Å²) in [6, 6.07) is 8.43. The predicted molar refractivity (Wildman–Crippen MR) is 74.4 cm³/mol. The van der Waals surface area contributed by atoms with Crippen LogP contribution in [0.15, 0.2) is 36.7 Å². The van der Waals surface area contributed by atoms with Gasteiger partial charge in [-0.2, -0.15) is 5.10 Å². The molecule has 0 amide bonds. The zero-order valence-electron chi connectivity index (χ0n) is 11.5. The lowest BCUT2D eigenvalue weighted by Gasteiger charge is -2.20. The van der Waals surface area contributed by atoms with Gasteiger partial charge in [0.05, 0.1) is 12.2 Å².